The molecule has 0 aliphatic rings. The van der Waals surface area contributed by atoms with E-state index in [1.54, 1.807) is 0 Å². The Hall–Kier alpha value is 1.30. The van der Waals surface area contributed by atoms with Crippen LogP contribution in [-0.4, -0.2) is 33.2 Å². The molecule has 5 heavy (non-hydrogen) atoms. The van der Waals surface area contributed by atoms with Crippen molar-refractivity contribution in [3.05, 3.63) is 0 Å². The predicted molar refractivity (Wildman–Crippen MR) is 15.7 cm³/mol. The molecule has 0 fully saturated rings. The summed E-state index contributed by atoms with van der Waals surface area (Å²) in [4.78, 5) is 0. The van der Waals surface area contributed by atoms with Crippen LogP contribution in [0, 0.1) is 0 Å². The van der Waals surface area contributed by atoms with Gasteiger partial charge in [-0.1, -0.05) is 0 Å². The normalized spacial score (nSPS) is 1.60. The van der Waals surface area contributed by atoms with Gasteiger partial charge in [0, 0.05) is 21.1 Å². The molecule has 0 amide bonds. The quantitative estimate of drug-likeness (QED) is 0.481. The van der Waals surface area contributed by atoms with Crippen molar-refractivity contribution in [2.75, 3.05) is 0 Å². The fourth-order valence-electron chi connectivity index (χ4n) is 0. The van der Waals surface area contributed by atoms with E-state index >= 15 is 0 Å². The van der Waals surface area contributed by atoms with E-state index in [1.165, 1.54) is 0 Å². The van der Waals surface area contributed by atoms with E-state index < -0.39 is 9.29 Å². The average Bonchev–Trinajstić information content (AvgIpc) is 0.918. The summed E-state index contributed by atoms with van der Waals surface area (Å²) in [5.74, 6) is 0. The first-order valence-electron chi connectivity index (χ1n) is 0.408. The zero-order chi connectivity index (χ0) is 2.71. The van der Waals surface area contributed by atoms with Crippen LogP contribution in [0.3, 0.4) is 0 Å². The number of hydrogen-bond donors (Lipinski definition) is 0. The maximum absolute atomic E-state index is 8.40. The molecule has 0 bridgehead atoms. The van der Waals surface area contributed by atoms with Crippen LogP contribution in [0.5, 0.6) is 0 Å². The molecular weight excluding hydrogens is 374 g/mol. The van der Waals surface area contributed by atoms with Gasteiger partial charge in [-0.15, -0.1) is 0 Å². The summed E-state index contributed by atoms with van der Waals surface area (Å²) >= 11 is 0. The third-order valence-corrected chi connectivity index (χ3v) is 0. The third kappa shape index (κ3) is 34.1. The van der Waals surface area contributed by atoms with Crippen molar-refractivity contribution in [3.8, 4) is 0 Å². The third-order valence-electron chi connectivity index (χ3n) is 0. The van der Waals surface area contributed by atoms with E-state index in [9.17, 15) is 0 Å². The minimum atomic E-state index is -1.42. The molecule has 0 rings (SSSR count). The molecule has 5 heteroatoms. The van der Waals surface area contributed by atoms with Gasteiger partial charge in [0.15, 0.2) is 0 Å². The van der Waals surface area contributed by atoms with Crippen LogP contribution in [0.1, 0.15) is 0 Å². The van der Waals surface area contributed by atoms with E-state index in [2.05, 4.69) is 0 Å². The molecule has 0 aromatic carbocycles. The Bertz CT molecular complexity index is 30.6. The first-order valence-corrected chi connectivity index (χ1v) is 1.22. The van der Waals surface area contributed by atoms with Crippen LogP contribution >= 0.6 is 0 Å². The second kappa shape index (κ2) is 18.5. The van der Waals surface area contributed by atoms with Gasteiger partial charge < -0.3 is 0 Å². The first kappa shape index (κ1) is 16.2. The van der Waals surface area contributed by atoms with Crippen molar-refractivity contribution in [1.29, 1.82) is 0 Å². The standard InChI is InChI=1S/O2Si.Pt.Sn.2H/c1-3-2;;;;. The van der Waals surface area contributed by atoms with Gasteiger partial charge in [-0.2, -0.15) is 0 Å². The molecule has 0 heterocycles. The van der Waals surface area contributed by atoms with E-state index in [1.807, 2.05) is 0 Å². The van der Waals surface area contributed by atoms with Crippen LogP contribution in [0.4, 0.5) is 0 Å². The van der Waals surface area contributed by atoms with Crippen molar-refractivity contribution in [3.63, 3.8) is 0 Å². The number of hydrogen-bond acceptors (Lipinski definition) is 2. The average molecular weight is 376 g/mol. The number of rotatable bonds is 0. The second-order valence-electron chi connectivity index (χ2n) is 0.0833. The Morgan fingerprint density at radius 3 is 1.20 bits per heavy atom. The predicted octanol–water partition coefficient (Wildman–Crippen LogP) is -1.54. The molecule has 0 atom stereocenters. The molecule has 0 saturated carbocycles. The van der Waals surface area contributed by atoms with E-state index in [0.717, 1.165) is 0 Å². The molecule has 0 spiro atoms. The monoisotopic (exact) mass is 377 g/mol. The molecule has 0 aromatic rings. The molecule has 0 aliphatic carbocycles. The fraction of sp³-hybridized carbons (Fsp3) is 0. The summed E-state index contributed by atoms with van der Waals surface area (Å²) in [5, 5.41) is 0. The summed E-state index contributed by atoms with van der Waals surface area (Å²) in [5.41, 5.74) is 0. The summed E-state index contributed by atoms with van der Waals surface area (Å²) in [6.07, 6.45) is 0. The van der Waals surface area contributed by atoms with Gasteiger partial charge in [-0.25, -0.2) is 0 Å². The Morgan fingerprint density at radius 2 is 1.20 bits per heavy atom. The summed E-state index contributed by atoms with van der Waals surface area (Å²) in [7, 11) is -1.42. The van der Waals surface area contributed by atoms with Crippen LogP contribution < -0.4 is 0 Å². The Labute approximate surface area is 62.9 Å². The molecule has 2 nitrogen and oxygen atoms in total. The van der Waals surface area contributed by atoms with Gasteiger partial charge in [0.05, 0.1) is 0 Å². The SMILES string of the molecule is O=[Si]=O.[Pt].[SnH2]. The Balaban J connectivity index is -0.0000000200. The van der Waals surface area contributed by atoms with Crippen LogP contribution in [0.25, 0.3) is 0 Å². The molecule has 0 aliphatic heterocycles. The van der Waals surface area contributed by atoms with Gasteiger partial charge in [0.1, 0.15) is 0 Å². The summed E-state index contributed by atoms with van der Waals surface area (Å²) in [6.45, 7) is 0. The van der Waals surface area contributed by atoms with Crippen molar-refractivity contribution < 1.29 is 30.0 Å². The van der Waals surface area contributed by atoms with E-state index in [4.69, 9.17) is 8.92 Å². The van der Waals surface area contributed by atoms with Crippen LogP contribution in [0.15, 0.2) is 0 Å². The van der Waals surface area contributed by atoms with Crippen LogP contribution in [-0.2, 0) is 30.0 Å². The van der Waals surface area contributed by atoms with E-state index in [-0.39, 0.29) is 45.0 Å². The van der Waals surface area contributed by atoms with Crippen LogP contribution in [0.2, 0.25) is 0 Å². The van der Waals surface area contributed by atoms with Gasteiger partial charge in [0.25, 0.3) is 0 Å². The second-order valence-corrected chi connectivity index (χ2v) is 0.250. The van der Waals surface area contributed by atoms with Crippen molar-refractivity contribution in [1.82, 2.24) is 0 Å². The Morgan fingerprint density at radius 1 is 1.20 bits per heavy atom. The molecule has 0 saturated heterocycles. The van der Waals surface area contributed by atoms with E-state index in [0.29, 0.717) is 0 Å². The maximum atomic E-state index is 8.40. The molecule has 32 valence electrons. The fourth-order valence-corrected chi connectivity index (χ4v) is 0. The zero-order valence-electron chi connectivity index (χ0n) is 2.34. The van der Waals surface area contributed by atoms with Gasteiger partial charge in [-0.05, 0) is 0 Å². The molecule has 0 N–H and O–H groups in total. The topological polar surface area (TPSA) is 34.1 Å². The summed E-state index contributed by atoms with van der Waals surface area (Å²) < 4.78 is 16.8. The van der Waals surface area contributed by atoms with Crippen molar-refractivity contribution in [2.45, 2.75) is 0 Å². The minimum absolute atomic E-state index is 0. The molecule has 0 unspecified atom stereocenters. The van der Waals surface area contributed by atoms with Crippen molar-refractivity contribution >= 4 is 33.2 Å². The van der Waals surface area contributed by atoms with Gasteiger partial charge in [0.2, 0.25) is 0 Å². The molecule has 2 radical (unpaired) electrons. The summed E-state index contributed by atoms with van der Waals surface area (Å²) in [6, 6.07) is 0. The zero-order valence-corrected chi connectivity index (χ0v) is 9.65. The molecule has 0 aromatic heterocycles. The molecular formula is H2O2PtSiSn. The first-order chi connectivity index (χ1) is 1.41. The van der Waals surface area contributed by atoms with Gasteiger partial charge >= 0.3 is 33.2 Å². The Kier molecular flexibility index (Phi) is 60.1. The van der Waals surface area contributed by atoms with Gasteiger partial charge in [-0.3, -0.25) is 8.92 Å². The van der Waals surface area contributed by atoms with Crippen molar-refractivity contribution in [2.24, 2.45) is 0 Å².